The Bertz CT molecular complexity index is 961. The molecule has 4 saturated carbocycles. The van der Waals surface area contributed by atoms with Crippen LogP contribution in [0.25, 0.3) is 5.65 Å². The lowest BCUT2D eigenvalue weighted by Gasteiger charge is -2.56. The third kappa shape index (κ3) is 4.20. The van der Waals surface area contributed by atoms with Crippen LogP contribution in [0, 0.1) is 23.2 Å². The van der Waals surface area contributed by atoms with Gasteiger partial charge in [-0.05, 0) is 80.8 Å². The predicted octanol–water partition coefficient (Wildman–Crippen LogP) is 2.32. The number of carbonyl (C=O) groups is 2. The maximum Gasteiger partial charge on any atom is 0.268 e. The second-order valence-electron chi connectivity index (χ2n) is 10.3. The molecule has 4 aliphatic rings. The number of imidazole rings is 1. The van der Waals surface area contributed by atoms with Gasteiger partial charge < -0.3 is 15.7 Å². The minimum Gasteiger partial charge on any atom is -0.392 e. The van der Waals surface area contributed by atoms with E-state index in [0.29, 0.717) is 22.5 Å². The number of amides is 2. The fraction of sp³-hybridized carbons (Fsp3) is 0.625. The molecule has 1 atom stereocenters. The zero-order valence-electron chi connectivity index (χ0n) is 18.1. The number of nitrogens with zero attached hydrogens (tertiary/aromatic N) is 2. The number of carbonyl (C=O) groups excluding carboxylic acids is 2. The molecule has 0 aromatic carbocycles. The molecule has 6 rings (SSSR count). The molecule has 4 fully saturated rings. The third-order valence-corrected chi connectivity index (χ3v) is 7.50. The summed E-state index contributed by atoms with van der Waals surface area (Å²) in [7, 11) is 0. The van der Waals surface area contributed by atoms with Gasteiger partial charge in [0.15, 0.2) is 0 Å². The average Bonchev–Trinajstić information content (AvgIpc) is 3.12. The molecule has 4 aliphatic carbocycles. The minimum atomic E-state index is -0.589. The van der Waals surface area contributed by atoms with E-state index in [4.69, 9.17) is 0 Å². The summed E-state index contributed by atoms with van der Waals surface area (Å²) in [6.45, 7) is 2.60. The van der Waals surface area contributed by atoms with Crippen molar-refractivity contribution in [2.45, 2.75) is 58.0 Å². The number of hydrogen-bond acceptors (Lipinski definition) is 4. The number of nitrogens with one attached hydrogen (secondary N) is 2. The van der Waals surface area contributed by atoms with E-state index in [1.54, 1.807) is 23.6 Å². The first-order valence-electron chi connectivity index (χ1n) is 11.6. The monoisotopic (exact) mass is 424 g/mol. The molecule has 0 spiro atoms. The van der Waals surface area contributed by atoms with Gasteiger partial charge in [0, 0.05) is 19.3 Å². The highest BCUT2D eigenvalue weighted by molar-refractivity contribution is 5.93. The van der Waals surface area contributed by atoms with Crippen LogP contribution in [0.1, 0.15) is 61.6 Å². The molecule has 3 N–H and O–H groups in total. The average molecular weight is 425 g/mol. The van der Waals surface area contributed by atoms with E-state index in [1.165, 1.54) is 38.5 Å². The number of hydrogen-bond donors (Lipinski definition) is 3. The van der Waals surface area contributed by atoms with Gasteiger partial charge >= 0.3 is 0 Å². The van der Waals surface area contributed by atoms with Gasteiger partial charge in [0.25, 0.3) is 5.91 Å². The Morgan fingerprint density at radius 3 is 2.48 bits per heavy atom. The summed E-state index contributed by atoms with van der Waals surface area (Å²) in [4.78, 5) is 29.7. The number of pyridine rings is 1. The normalized spacial score (nSPS) is 29.8. The van der Waals surface area contributed by atoms with Gasteiger partial charge in [-0.3, -0.25) is 14.0 Å². The first-order chi connectivity index (χ1) is 14.9. The number of rotatable bonds is 7. The molecule has 2 aromatic rings. The van der Waals surface area contributed by atoms with Crippen molar-refractivity contribution in [1.82, 2.24) is 20.0 Å². The first kappa shape index (κ1) is 20.5. The highest BCUT2D eigenvalue weighted by Crippen LogP contribution is 2.59. The lowest BCUT2D eigenvalue weighted by atomic mass is 9.49. The van der Waals surface area contributed by atoms with E-state index in [0.717, 1.165) is 24.3 Å². The van der Waals surface area contributed by atoms with Crippen LogP contribution in [0.2, 0.25) is 0 Å². The Kier molecular flexibility index (Phi) is 5.24. The second-order valence-corrected chi connectivity index (χ2v) is 10.3. The quantitative estimate of drug-likeness (QED) is 0.636. The molecule has 0 radical (unpaired) electrons. The molecule has 4 bridgehead atoms. The molecule has 0 unspecified atom stereocenters. The summed E-state index contributed by atoms with van der Waals surface area (Å²) < 4.78 is 1.77. The topological polar surface area (TPSA) is 95.7 Å². The van der Waals surface area contributed by atoms with E-state index >= 15 is 0 Å². The fourth-order valence-corrected chi connectivity index (χ4v) is 6.68. The van der Waals surface area contributed by atoms with Crippen LogP contribution >= 0.6 is 0 Å². The molecule has 166 valence electrons. The Morgan fingerprint density at radius 1 is 1.16 bits per heavy atom. The highest BCUT2D eigenvalue weighted by Gasteiger charge is 2.50. The van der Waals surface area contributed by atoms with Gasteiger partial charge in [-0.25, -0.2) is 4.98 Å². The Morgan fingerprint density at radius 2 is 1.84 bits per heavy atom. The molecule has 2 amide bonds. The van der Waals surface area contributed by atoms with Crippen molar-refractivity contribution in [3.05, 3.63) is 35.8 Å². The summed E-state index contributed by atoms with van der Waals surface area (Å²) in [6.07, 6.45) is 9.27. The zero-order chi connectivity index (χ0) is 21.6. The maximum atomic E-state index is 13.1. The standard InChI is InChI=1S/C24H32N4O3/c1-15(29)12-25-22(30)8-19-13-28-20(3-2-4-21(28)27-19)23(31)26-14-24-9-16-5-17(10-24)7-18(6-16)11-24/h2-4,13,15-18,29H,5-12,14H2,1H3,(H,25,30)(H,26,31)/t15-,16?,17?,18?,24?/m1/s1. The van der Waals surface area contributed by atoms with E-state index in [9.17, 15) is 14.7 Å². The number of aromatic nitrogens is 2. The largest absolute Gasteiger partial charge is 0.392 e. The van der Waals surface area contributed by atoms with Crippen LogP contribution in [0.5, 0.6) is 0 Å². The SMILES string of the molecule is C[C@@H](O)CNC(=O)Cc1cn2c(C(=O)NCC34CC5CC(CC(C5)C3)C4)cccc2n1. The van der Waals surface area contributed by atoms with Crippen molar-refractivity contribution in [1.29, 1.82) is 0 Å². The molecule has 7 nitrogen and oxygen atoms in total. The van der Waals surface area contributed by atoms with Crippen molar-refractivity contribution < 1.29 is 14.7 Å². The van der Waals surface area contributed by atoms with Gasteiger partial charge in [0.05, 0.1) is 18.2 Å². The Labute approximate surface area is 182 Å². The molecular weight excluding hydrogens is 392 g/mol. The Balaban J connectivity index is 1.27. The first-order valence-corrected chi connectivity index (χ1v) is 11.6. The smallest absolute Gasteiger partial charge is 0.268 e. The molecule has 7 heteroatoms. The summed E-state index contributed by atoms with van der Waals surface area (Å²) in [5.74, 6) is 2.31. The van der Waals surface area contributed by atoms with E-state index in [1.807, 2.05) is 12.1 Å². The van der Waals surface area contributed by atoms with Crippen LogP contribution in [0.3, 0.4) is 0 Å². The summed E-state index contributed by atoms with van der Waals surface area (Å²) in [5, 5.41) is 15.2. The van der Waals surface area contributed by atoms with Crippen LogP contribution in [0.15, 0.2) is 24.4 Å². The van der Waals surface area contributed by atoms with Crippen LogP contribution < -0.4 is 10.6 Å². The van der Waals surface area contributed by atoms with Crippen LogP contribution in [-0.4, -0.2) is 45.5 Å². The molecule has 0 saturated heterocycles. The van der Waals surface area contributed by atoms with Crippen molar-refractivity contribution in [2.24, 2.45) is 23.2 Å². The van der Waals surface area contributed by atoms with Crippen molar-refractivity contribution in [3.63, 3.8) is 0 Å². The molecule has 31 heavy (non-hydrogen) atoms. The lowest BCUT2D eigenvalue weighted by Crippen LogP contribution is -2.51. The number of aliphatic hydroxyl groups excluding tert-OH is 1. The molecular formula is C24H32N4O3. The summed E-state index contributed by atoms with van der Waals surface area (Å²) in [5.41, 5.74) is 2.09. The van der Waals surface area contributed by atoms with Gasteiger partial charge in [-0.2, -0.15) is 0 Å². The summed E-state index contributed by atoms with van der Waals surface area (Å²) in [6, 6.07) is 5.48. The number of aliphatic hydroxyl groups is 1. The third-order valence-electron chi connectivity index (χ3n) is 7.50. The van der Waals surface area contributed by atoms with Gasteiger partial charge in [0.2, 0.25) is 5.91 Å². The zero-order valence-corrected chi connectivity index (χ0v) is 18.1. The minimum absolute atomic E-state index is 0.0798. The van der Waals surface area contributed by atoms with Crippen molar-refractivity contribution in [3.8, 4) is 0 Å². The summed E-state index contributed by atoms with van der Waals surface area (Å²) >= 11 is 0. The van der Waals surface area contributed by atoms with Crippen LogP contribution in [-0.2, 0) is 11.2 Å². The second kappa shape index (κ2) is 7.93. The van der Waals surface area contributed by atoms with Gasteiger partial charge in [-0.15, -0.1) is 0 Å². The van der Waals surface area contributed by atoms with E-state index in [-0.39, 0.29) is 24.8 Å². The highest BCUT2D eigenvalue weighted by atomic mass is 16.3. The van der Waals surface area contributed by atoms with Gasteiger partial charge in [-0.1, -0.05) is 6.07 Å². The Hall–Kier alpha value is -2.41. The predicted molar refractivity (Wildman–Crippen MR) is 117 cm³/mol. The van der Waals surface area contributed by atoms with Crippen molar-refractivity contribution >= 4 is 17.5 Å². The molecule has 0 aliphatic heterocycles. The van der Waals surface area contributed by atoms with E-state index in [2.05, 4.69) is 15.6 Å². The molecule has 2 heterocycles. The van der Waals surface area contributed by atoms with Gasteiger partial charge in [0.1, 0.15) is 11.3 Å². The maximum absolute atomic E-state index is 13.1. The van der Waals surface area contributed by atoms with Crippen molar-refractivity contribution in [2.75, 3.05) is 13.1 Å². The van der Waals surface area contributed by atoms with E-state index < -0.39 is 6.10 Å². The fourth-order valence-electron chi connectivity index (χ4n) is 6.68. The number of fused-ring (bicyclic) bond motifs is 1. The van der Waals surface area contributed by atoms with Crippen LogP contribution in [0.4, 0.5) is 0 Å². The molecule has 2 aromatic heterocycles. The lowest BCUT2D eigenvalue weighted by molar-refractivity contribution is -0.120.